The molecule has 0 saturated carbocycles. The van der Waals surface area contributed by atoms with Crippen LogP contribution in [0, 0.1) is 6.92 Å². The summed E-state index contributed by atoms with van der Waals surface area (Å²) < 4.78 is 12.0. The summed E-state index contributed by atoms with van der Waals surface area (Å²) in [5.74, 6) is 1.72. The van der Waals surface area contributed by atoms with Crippen LogP contribution in [-0.4, -0.2) is 19.3 Å². The number of aromatic hydroxyl groups is 1. The molecule has 0 saturated heterocycles. The van der Waals surface area contributed by atoms with Gasteiger partial charge in [0.2, 0.25) is 0 Å². The summed E-state index contributed by atoms with van der Waals surface area (Å²) in [6, 6.07) is 19.3. The van der Waals surface area contributed by atoms with E-state index >= 15 is 0 Å². The molecule has 0 spiro atoms. The Morgan fingerprint density at radius 2 is 1.68 bits per heavy atom. The molecule has 1 heterocycles. The molecule has 3 N–H and O–H groups in total. The van der Waals surface area contributed by atoms with Crippen LogP contribution in [0.2, 0.25) is 0 Å². The molecule has 4 rings (SSSR count). The summed E-state index contributed by atoms with van der Waals surface area (Å²) in [6.07, 6.45) is 1.82. The molecular formula is C25H25BrN2O3. The molecule has 2 atom stereocenters. The predicted octanol–water partition coefficient (Wildman–Crippen LogP) is 5.45. The maximum atomic E-state index is 10.6. The second-order valence-electron chi connectivity index (χ2n) is 7.48. The molecule has 1 aliphatic heterocycles. The van der Waals surface area contributed by atoms with Crippen molar-refractivity contribution in [3.63, 3.8) is 0 Å². The minimum Gasteiger partial charge on any atom is -0.508 e. The van der Waals surface area contributed by atoms with Crippen LogP contribution < -0.4 is 20.1 Å². The molecule has 0 radical (unpaired) electrons. The Morgan fingerprint density at radius 1 is 0.903 bits per heavy atom. The Hall–Kier alpha value is -2.96. The predicted molar refractivity (Wildman–Crippen MR) is 126 cm³/mol. The topological polar surface area (TPSA) is 62.8 Å². The van der Waals surface area contributed by atoms with Gasteiger partial charge in [-0.3, -0.25) is 5.32 Å². The van der Waals surface area contributed by atoms with Crippen molar-refractivity contribution in [3.8, 4) is 17.2 Å². The first kappa shape index (κ1) is 21.3. The van der Waals surface area contributed by atoms with E-state index in [0.29, 0.717) is 0 Å². The minimum absolute atomic E-state index is 0.226. The van der Waals surface area contributed by atoms with E-state index in [1.807, 2.05) is 30.3 Å². The highest BCUT2D eigenvalue weighted by molar-refractivity contribution is 9.10. The number of aryl methyl sites for hydroxylation is 1. The quantitative estimate of drug-likeness (QED) is 0.452. The van der Waals surface area contributed by atoms with E-state index in [2.05, 4.69) is 63.8 Å². The fourth-order valence-corrected chi connectivity index (χ4v) is 4.12. The smallest absolute Gasteiger partial charge is 0.125 e. The van der Waals surface area contributed by atoms with Crippen molar-refractivity contribution in [2.24, 2.45) is 0 Å². The molecule has 0 aromatic heterocycles. The summed E-state index contributed by atoms with van der Waals surface area (Å²) in [5, 5.41) is 17.7. The number of benzene rings is 3. The van der Waals surface area contributed by atoms with Crippen molar-refractivity contribution in [2.45, 2.75) is 19.1 Å². The standard InChI is InChI=1S/C25H25BrN2O3/c1-15-4-6-16(7-5-15)21-14-22(19-12-17(26)8-10-23(19)29)28-25(27-21)20-13-18(30-2)9-11-24(20)31-3/h4-14,22,25,27-29H,1-3H3. The third kappa shape index (κ3) is 4.55. The zero-order chi connectivity index (χ0) is 22.0. The SMILES string of the molecule is COc1ccc(OC)c(C2NC(c3ccc(C)cc3)=CC(c3cc(Br)ccc3O)N2)c1. The van der Waals surface area contributed by atoms with E-state index in [-0.39, 0.29) is 18.0 Å². The van der Waals surface area contributed by atoms with Crippen molar-refractivity contribution >= 4 is 21.6 Å². The van der Waals surface area contributed by atoms with Gasteiger partial charge >= 0.3 is 0 Å². The first-order chi connectivity index (χ1) is 15.0. The van der Waals surface area contributed by atoms with Gasteiger partial charge in [0.15, 0.2) is 0 Å². The summed E-state index contributed by atoms with van der Waals surface area (Å²) in [6.45, 7) is 2.07. The minimum atomic E-state index is -0.269. The van der Waals surface area contributed by atoms with Gasteiger partial charge in [-0.1, -0.05) is 45.8 Å². The van der Waals surface area contributed by atoms with Crippen LogP contribution in [0.4, 0.5) is 0 Å². The van der Waals surface area contributed by atoms with Crippen LogP contribution in [0.25, 0.3) is 5.70 Å². The lowest BCUT2D eigenvalue weighted by molar-refractivity contribution is 0.372. The van der Waals surface area contributed by atoms with Gasteiger partial charge in [0.25, 0.3) is 0 Å². The summed E-state index contributed by atoms with van der Waals surface area (Å²) in [5.41, 5.74) is 4.94. The molecule has 5 nitrogen and oxygen atoms in total. The maximum absolute atomic E-state index is 10.6. The molecule has 6 heteroatoms. The maximum Gasteiger partial charge on any atom is 0.125 e. The zero-order valence-corrected chi connectivity index (χ0v) is 19.2. The van der Waals surface area contributed by atoms with E-state index < -0.39 is 0 Å². The largest absolute Gasteiger partial charge is 0.508 e. The Morgan fingerprint density at radius 3 is 2.39 bits per heavy atom. The zero-order valence-electron chi connectivity index (χ0n) is 17.6. The highest BCUT2D eigenvalue weighted by Gasteiger charge is 2.28. The number of ether oxygens (including phenoxy) is 2. The van der Waals surface area contributed by atoms with Gasteiger partial charge in [0.05, 0.1) is 20.3 Å². The van der Waals surface area contributed by atoms with Gasteiger partial charge in [-0.15, -0.1) is 0 Å². The average Bonchev–Trinajstić information content (AvgIpc) is 2.80. The fraction of sp³-hybridized carbons (Fsp3) is 0.200. The number of rotatable bonds is 5. The summed E-state index contributed by atoms with van der Waals surface area (Å²) >= 11 is 3.52. The van der Waals surface area contributed by atoms with Gasteiger partial charge < -0.3 is 19.9 Å². The number of halogens is 1. The van der Waals surface area contributed by atoms with Crippen molar-refractivity contribution < 1.29 is 14.6 Å². The van der Waals surface area contributed by atoms with Crippen LogP contribution in [0.15, 0.2) is 71.2 Å². The lowest BCUT2D eigenvalue weighted by Gasteiger charge is -2.34. The van der Waals surface area contributed by atoms with E-state index in [4.69, 9.17) is 9.47 Å². The molecule has 3 aromatic rings. The van der Waals surface area contributed by atoms with Crippen LogP contribution in [0.5, 0.6) is 17.2 Å². The van der Waals surface area contributed by atoms with Crippen LogP contribution in [-0.2, 0) is 0 Å². The van der Waals surface area contributed by atoms with E-state index in [1.165, 1.54) is 5.56 Å². The molecule has 0 aliphatic carbocycles. The van der Waals surface area contributed by atoms with Crippen LogP contribution in [0.3, 0.4) is 0 Å². The van der Waals surface area contributed by atoms with Gasteiger partial charge in [-0.05, 0) is 55.0 Å². The number of hydrogen-bond donors (Lipinski definition) is 3. The molecule has 31 heavy (non-hydrogen) atoms. The molecule has 0 bridgehead atoms. The third-order valence-electron chi connectivity index (χ3n) is 5.41. The van der Waals surface area contributed by atoms with E-state index in [1.54, 1.807) is 20.3 Å². The monoisotopic (exact) mass is 480 g/mol. The molecule has 0 fully saturated rings. The first-order valence-corrected chi connectivity index (χ1v) is 10.8. The van der Waals surface area contributed by atoms with Gasteiger partial charge in [0.1, 0.15) is 23.4 Å². The molecular weight excluding hydrogens is 456 g/mol. The van der Waals surface area contributed by atoms with Crippen LogP contribution in [0.1, 0.15) is 34.5 Å². The number of hydrogen-bond acceptors (Lipinski definition) is 5. The van der Waals surface area contributed by atoms with Crippen molar-refractivity contribution in [1.82, 2.24) is 10.6 Å². The number of phenols is 1. The van der Waals surface area contributed by atoms with Crippen molar-refractivity contribution in [1.29, 1.82) is 0 Å². The average molecular weight is 481 g/mol. The highest BCUT2D eigenvalue weighted by atomic mass is 79.9. The first-order valence-electron chi connectivity index (χ1n) is 10.0. The van der Waals surface area contributed by atoms with Crippen LogP contribution >= 0.6 is 15.9 Å². The Kier molecular flexibility index (Phi) is 6.20. The number of nitrogens with one attached hydrogen (secondary N) is 2. The van der Waals surface area contributed by atoms with E-state index in [0.717, 1.165) is 38.4 Å². The fourth-order valence-electron chi connectivity index (χ4n) is 3.74. The summed E-state index contributed by atoms with van der Waals surface area (Å²) in [7, 11) is 3.30. The molecule has 0 amide bonds. The Labute approximate surface area is 190 Å². The second kappa shape index (κ2) is 9.04. The summed E-state index contributed by atoms with van der Waals surface area (Å²) in [4.78, 5) is 0. The highest BCUT2D eigenvalue weighted by Crippen LogP contribution is 2.37. The number of methoxy groups -OCH3 is 2. The molecule has 1 aliphatic rings. The molecule has 2 unspecified atom stereocenters. The lowest BCUT2D eigenvalue weighted by atomic mass is 9.97. The Balaban J connectivity index is 1.81. The lowest BCUT2D eigenvalue weighted by Crippen LogP contribution is -2.39. The third-order valence-corrected chi connectivity index (χ3v) is 5.91. The van der Waals surface area contributed by atoms with Crippen molar-refractivity contribution in [3.05, 3.63) is 93.5 Å². The number of phenolic OH excluding ortho intramolecular Hbond substituents is 1. The van der Waals surface area contributed by atoms with Gasteiger partial charge in [-0.25, -0.2) is 0 Å². The Bertz CT molecular complexity index is 1110. The second-order valence-corrected chi connectivity index (χ2v) is 8.39. The van der Waals surface area contributed by atoms with E-state index in [9.17, 15) is 5.11 Å². The molecule has 160 valence electrons. The van der Waals surface area contributed by atoms with Gasteiger partial charge in [-0.2, -0.15) is 0 Å². The van der Waals surface area contributed by atoms with Crippen molar-refractivity contribution in [2.75, 3.05) is 14.2 Å². The van der Waals surface area contributed by atoms with Gasteiger partial charge in [0, 0.05) is 21.3 Å². The normalized spacial score (nSPS) is 18.1. The molecule has 3 aromatic carbocycles.